The predicted octanol–water partition coefficient (Wildman–Crippen LogP) is 1.02. The lowest BCUT2D eigenvalue weighted by Gasteiger charge is -1.96. The van der Waals surface area contributed by atoms with Gasteiger partial charge in [-0.3, -0.25) is 0 Å². The Labute approximate surface area is 76.0 Å². The van der Waals surface area contributed by atoms with E-state index in [-0.39, 0.29) is 0 Å². The Morgan fingerprint density at radius 2 is 2.00 bits per heavy atom. The summed E-state index contributed by atoms with van der Waals surface area (Å²) in [6.07, 6.45) is 0. The molecule has 0 fully saturated rings. The molecule has 60 valence electrons. The van der Waals surface area contributed by atoms with Gasteiger partial charge < -0.3 is 5.73 Å². The molecular formula is C10H5N3. The van der Waals surface area contributed by atoms with E-state index in [0.29, 0.717) is 16.8 Å². The summed E-state index contributed by atoms with van der Waals surface area (Å²) < 4.78 is 0. The Kier molecular flexibility index (Phi) is 2.54. The smallest absolute Gasteiger partial charge is 0.152 e. The van der Waals surface area contributed by atoms with E-state index >= 15 is 0 Å². The number of nitrogen functional groups attached to an aromatic ring is 1. The number of nitriles is 2. The van der Waals surface area contributed by atoms with E-state index in [0.717, 1.165) is 0 Å². The Hall–Kier alpha value is -2.44. The fourth-order valence-electron chi connectivity index (χ4n) is 0.829. The summed E-state index contributed by atoms with van der Waals surface area (Å²) in [5.41, 5.74) is 7.03. The number of hydrogen-bond acceptors (Lipinski definition) is 3. The van der Waals surface area contributed by atoms with Gasteiger partial charge in [0.15, 0.2) is 6.07 Å². The summed E-state index contributed by atoms with van der Waals surface area (Å²) in [6.45, 7) is 0. The molecule has 3 nitrogen and oxygen atoms in total. The number of anilines is 1. The maximum atomic E-state index is 8.57. The van der Waals surface area contributed by atoms with Crippen LogP contribution in [0.15, 0.2) is 18.2 Å². The summed E-state index contributed by atoms with van der Waals surface area (Å²) in [7, 11) is 0. The summed E-state index contributed by atoms with van der Waals surface area (Å²) >= 11 is 0. The minimum Gasteiger partial charge on any atom is -0.398 e. The highest BCUT2D eigenvalue weighted by molar-refractivity contribution is 5.59. The minimum absolute atomic E-state index is 0.474. The highest BCUT2D eigenvalue weighted by atomic mass is 14.5. The second-order valence-electron chi connectivity index (χ2n) is 2.28. The van der Waals surface area contributed by atoms with Crippen molar-refractivity contribution in [1.29, 1.82) is 10.5 Å². The molecule has 0 heterocycles. The third-order valence-corrected chi connectivity index (χ3v) is 1.44. The van der Waals surface area contributed by atoms with E-state index in [1.807, 2.05) is 6.07 Å². The van der Waals surface area contributed by atoms with Crippen molar-refractivity contribution in [1.82, 2.24) is 0 Å². The molecule has 0 spiro atoms. The second kappa shape index (κ2) is 3.81. The Morgan fingerprint density at radius 1 is 1.23 bits per heavy atom. The van der Waals surface area contributed by atoms with Crippen LogP contribution in [0.25, 0.3) is 0 Å². The van der Waals surface area contributed by atoms with Crippen molar-refractivity contribution >= 4 is 5.69 Å². The molecule has 0 atom stereocenters. The molecule has 0 radical (unpaired) electrons. The first-order valence-electron chi connectivity index (χ1n) is 3.47. The van der Waals surface area contributed by atoms with E-state index in [1.54, 1.807) is 24.3 Å². The van der Waals surface area contributed by atoms with Crippen LogP contribution in [-0.4, -0.2) is 0 Å². The van der Waals surface area contributed by atoms with Gasteiger partial charge in [0.1, 0.15) is 0 Å². The van der Waals surface area contributed by atoms with Gasteiger partial charge in [0.05, 0.1) is 11.6 Å². The number of nitrogens with zero attached hydrogens (tertiary/aromatic N) is 2. The molecule has 0 saturated heterocycles. The van der Waals surface area contributed by atoms with Crippen LogP contribution in [0.1, 0.15) is 11.1 Å². The molecule has 0 aliphatic rings. The van der Waals surface area contributed by atoms with Crippen molar-refractivity contribution in [2.24, 2.45) is 0 Å². The maximum Gasteiger partial charge on any atom is 0.152 e. The summed E-state index contributed by atoms with van der Waals surface area (Å²) in [5, 5.41) is 16.8. The van der Waals surface area contributed by atoms with Gasteiger partial charge in [-0.1, -0.05) is 0 Å². The molecule has 0 bridgehead atoms. The van der Waals surface area contributed by atoms with Crippen LogP contribution in [-0.2, 0) is 0 Å². The molecule has 3 heteroatoms. The predicted molar refractivity (Wildman–Crippen MR) is 48.1 cm³/mol. The van der Waals surface area contributed by atoms with Gasteiger partial charge in [-0.15, -0.1) is 0 Å². The van der Waals surface area contributed by atoms with E-state index in [9.17, 15) is 0 Å². The standard InChI is InChI=1S/C10H5N3/c11-5-1-2-9-6-8(7-12)3-4-10(9)13/h3-4,6H,13H2. The van der Waals surface area contributed by atoms with Gasteiger partial charge in [-0.25, -0.2) is 0 Å². The maximum absolute atomic E-state index is 8.57. The van der Waals surface area contributed by atoms with Crippen LogP contribution >= 0.6 is 0 Å². The van der Waals surface area contributed by atoms with Gasteiger partial charge in [0, 0.05) is 17.2 Å². The highest BCUT2D eigenvalue weighted by Crippen LogP contribution is 2.11. The number of benzene rings is 1. The number of rotatable bonds is 0. The molecule has 0 aliphatic heterocycles. The van der Waals surface area contributed by atoms with Gasteiger partial charge in [-0.2, -0.15) is 10.5 Å². The molecule has 1 aromatic rings. The van der Waals surface area contributed by atoms with Crippen molar-refractivity contribution in [3.05, 3.63) is 29.3 Å². The van der Waals surface area contributed by atoms with Crippen LogP contribution < -0.4 is 5.73 Å². The molecule has 13 heavy (non-hydrogen) atoms. The van der Waals surface area contributed by atoms with Gasteiger partial charge >= 0.3 is 0 Å². The highest BCUT2D eigenvalue weighted by Gasteiger charge is 1.96. The monoisotopic (exact) mass is 167 g/mol. The molecular weight excluding hydrogens is 162 g/mol. The molecule has 1 rings (SSSR count). The third-order valence-electron chi connectivity index (χ3n) is 1.44. The summed E-state index contributed by atoms with van der Waals surface area (Å²) in [5.74, 6) is 4.77. The van der Waals surface area contributed by atoms with Crippen LogP contribution in [0, 0.1) is 34.5 Å². The Morgan fingerprint density at radius 3 is 2.62 bits per heavy atom. The first-order chi connectivity index (χ1) is 6.27. The zero-order valence-electron chi connectivity index (χ0n) is 6.70. The van der Waals surface area contributed by atoms with Gasteiger partial charge in [-0.05, 0) is 24.1 Å². The van der Waals surface area contributed by atoms with Crippen molar-refractivity contribution in [2.75, 3.05) is 5.73 Å². The van der Waals surface area contributed by atoms with E-state index in [4.69, 9.17) is 16.3 Å². The van der Waals surface area contributed by atoms with Crippen LogP contribution in [0.4, 0.5) is 5.69 Å². The fraction of sp³-hybridized carbons (Fsp3) is 0. The zero-order chi connectivity index (χ0) is 9.68. The third kappa shape index (κ3) is 1.99. The molecule has 0 saturated carbocycles. The largest absolute Gasteiger partial charge is 0.398 e. The van der Waals surface area contributed by atoms with Crippen LogP contribution in [0.2, 0.25) is 0 Å². The lowest BCUT2D eigenvalue weighted by atomic mass is 10.1. The number of nitrogens with two attached hydrogens (primary N) is 1. The molecule has 1 aromatic carbocycles. The second-order valence-corrected chi connectivity index (χ2v) is 2.28. The summed E-state index contributed by atoms with van der Waals surface area (Å²) in [6, 6.07) is 8.40. The molecule has 0 aromatic heterocycles. The van der Waals surface area contributed by atoms with E-state index in [1.165, 1.54) is 0 Å². The normalized spacial score (nSPS) is 7.54. The van der Waals surface area contributed by atoms with Crippen molar-refractivity contribution in [3.63, 3.8) is 0 Å². The van der Waals surface area contributed by atoms with Crippen molar-refractivity contribution in [2.45, 2.75) is 0 Å². The minimum atomic E-state index is 0.474. The average molecular weight is 167 g/mol. The molecule has 2 N–H and O–H groups in total. The fourth-order valence-corrected chi connectivity index (χ4v) is 0.829. The SMILES string of the molecule is N#CC#Cc1cc(C#N)ccc1N. The lowest BCUT2D eigenvalue weighted by molar-refractivity contribution is 1.48. The lowest BCUT2D eigenvalue weighted by Crippen LogP contribution is -1.90. The number of hydrogen-bond donors (Lipinski definition) is 1. The van der Waals surface area contributed by atoms with Crippen molar-refractivity contribution in [3.8, 4) is 24.0 Å². The molecule has 0 aliphatic carbocycles. The quantitative estimate of drug-likeness (QED) is 0.463. The zero-order valence-corrected chi connectivity index (χ0v) is 6.70. The topological polar surface area (TPSA) is 73.6 Å². The first kappa shape index (κ1) is 8.65. The Bertz CT molecular complexity index is 464. The molecule has 0 unspecified atom stereocenters. The van der Waals surface area contributed by atoms with E-state index in [2.05, 4.69) is 11.8 Å². The van der Waals surface area contributed by atoms with E-state index < -0.39 is 0 Å². The van der Waals surface area contributed by atoms with Gasteiger partial charge in [0.25, 0.3) is 0 Å². The van der Waals surface area contributed by atoms with Crippen LogP contribution in [0.5, 0.6) is 0 Å². The van der Waals surface area contributed by atoms with Gasteiger partial charge in [0.2, 0.25) is 0 Å². The average Bonchev–Trinajstić information content (AvgIpc) is 2.17. The van der Waals surface area contributed by atoms with Crippen molar-refractivity contribution < 1.29 is 0 Å². The van der Waals surface area contributed by atoms with Crippen LogP contribution in [0.3, 0.4) is 0 Å². The molecule has 0 amide bonds. The summed E-state index contributed by atoms with van der Waals surface area (Å²) in [4.78, 5) is 0. The first-order valence-corrected chi connectivity index (χ1v) is 3.47. The Balaban J connectivity index is 3.23.